The molecule has 0 radical (unpaired) electrons. The van der Waals surface area contributed by atoms with Gasteiger partial charge in [-0.05, 0) is 18.2 Å². The molecule has 1 aromatic carbocycles. The van der Waals surface area contributed by atoms with E-state index in [-0.39, 0.29) is 5.84 Å². The van der Waals surface area contributed by atoms with Crippen LogP contribution in [0.1, 0.15) is 19.4 Å². The second kappa shape index (κ2) is 4.08. The van der Waals surface area contributed by atoms with E-state index >= 15 is 0 Å². The summed E-state index contributed by atoms with van der Waals surface area (Å²) in [5, 5.41) is 16.9. The van der Waals surface area contributed by atoms with E-state index in [0.29, 0.717) is 16.3 Å². The van der Waals surface area contributed by atoms with Crippen molar-refractivity contribution in [3.8, 4) is 5.75 Å². The molecule has 0 spiro atoms. The van der Waals surface area contributed by atoms with E-state index in [4.69, 9.17) is 27.5 Å². The van der Waals surface area contributed by atoms with Crippen LogP contribution in [0.3, 0.4) is 0 Å². The zero-order chi connectivity index (χ0) is 11.6. The van der Waals surface area contributed by atoms with Gasteiger partial charge in [0, 0.05) is 19.4 Å². The van der Waals surface area contributed by atoms with Crippen LogP contribution in [0.5, 0.6) is 5.75 Å². The molecule has 82 valence electrons. The van der Waals surface area contributed by atoms with Crippen molar-refractivity contribution in [3.05, 3.63) is 28.8 Å². The molecule has 4 N–H and O–H groups in total. The Bertz CT molecular complexity index is 385. The first-order valence-corrected chi connectivity index (χ1v) is 4.73. The number of amidine groups is 1. The number of rotatable bonds is 3. The van der Waals surface area contributed by atoms with E-state index in [1.807, 2.05) is 0 Å². The molecular formula is C10H13ClN2O2. The van der Waals surface area contributed by atoms with Crippen molar-refractivity contribution in [3.63, 3.8) is 0 Å². The fraction of sp³-hybridized carbons (Fsp3) is 0.300. The number of aliphatic hydroxyl groups is 1. The van der Waals surface area contributed by atoms with Gasteiger partial charge in [-0.1, -0.05) is 11.6 Å². The summed E-state index contributed by atoms with van der Waals surface area (Å²) in [6.45, 7) is 3.00. The van der Waals surface area contributed by atoms with Crippen molar-refractivity contribution in [2.75, 3.05) is 0 Å². The van der Waals surface area contributed by atoms with Crippen molar-refractivity contribution in [1.29, 1.82) is 5.41 Å². The number of nitrogen functional groups attached to an aromatic ring is 1. The Morgan fingerprint density at radius 1 is 1.53 bits per heavy atom. The Hall–Kier alpha value is -1.26. The molecule has 0 heterocycles. The molecule has 0 aliphatic rings. The molecule has 0 aliphatic carbocycles. The van der Waals surface area contributed by atoms with E-state index in [2.05, 4.69) is 0 Å². The third-order valence-corrected chi connectivity index (χ3v) is 1.90. The number of hydrogen-bond acceptors (Lipinski definition) is 3. The monoisotopic (exact) mass is 228 g/mol. The molecule has 0 unspecified atom stereocenters. The maximum Gasteiger partial charge on any atom is 0.202 e. The molecule has 1 aromatic rings. The van der Waals surface area contributed by atoms with Gasteiger partial charge in [0.2, 0.25) is 5.79 Å². The van der Waals surface area contributed by atoms with Crippen molar-refractivity contribution in [1.82, 2.24) is 0 Å². The van der Waals surface area contributed by atoms with Gasteiger partial charge in [0.05, 0.1) is 5.02 Å². The molecular weight excluding hydrogens is 216 g/mol. The third-order valence-electron chi connectivity index (χ3n) is 1.60. The lowest BCUT2D eigenvalue weighted by atomic mass is 10.2. The minimum Gasteiger partial charge on any atom is -0.462 e. The SMILES string of the molecule is CC(C)(O)Oc1ccc(C(=N)N)cc1Cl. The van der Waals surface area contributed by atoms with Crippen LogP contribution >= 0.6 is 11.6 Å². The number of benzene rings is 1. The standard InChI is InChI=1S/C10H13ClN2O2/c1-10(2,14)15-8-4-3-6(9(12)13)5-7(8)11/h3-5,14H,1-2H3,(H3,12,13). The average Bonchev–Trinajstić information content (AvgIpc) is 2.05. The zero-order valence-corrected chi connectivity index (χ0v) is 9.30. The van der Waals surface area contributed by atoms with Crippen molar-refractivity contribution < 1.29 is 9.84 Å². The fourth-order valence-electron chi connectivity index (χ4n) is 1.02. The maximum absolute atomic E-state index is 9.43. The van der Waals surface area contributed by atoms with Gasteiger partial charge in [-0.2, -0.15) is 0 Å². The first kappa shape index (κ1) is 11.8. The molecule has 1 rings (SSSR count). The molecule has 0 saturated heterocycles. The maximum atomic E-state index is 9.43. The summed E-state index contributed by atoms with van der Waals surface area (Å²) in [6.07, 6.45) is 0. The van der Waals surface area contributed by atoms with Gasteiger partial charge in [0.15, 0.2) is 0 Å². The molecule has 0 saturated carbocycles. The van der Waals surface area contributed by atoms with Crippen LogP contribution in [-0.4, -0.2) is 16.7 Å². The molecule has 0 bridgehead atoms. The predicted molar refractivity (Wildman–Crippen MR) is 59.4 cm³/mol. The molecule has 0 fully saturated rings. The van der Waals surface area contributed by atoms with Crippen molar-refractivity contribution >= 4 is 17.4 Å². The first-order valence-electron chi connectivity index (χ1n) is 4.35. The van der Waals surface area contributed by atoms with Crippen molar-refractivity contribution in [2.24, 2.45) is 5.73 Å². The molecule has 5 heteroatoms. The predicted octanol–water partition coefficient (Wildman–Crippen LogP) is 1.73. The number of hydrogen-bond donors (Lipinski definition) is 3. The van der Waals surface area contributed by atoms with E-state index in [1.54, 1.807) is 12.1 Å². The lowest BCUT2D eigenvalue weighted by Gasteiger charge is -2.20. The van der Waals surface area contributed by atoms with Crippen molar-refractivity contribution in [2.45, 2.75) is 19.6 Å². The molecule has 4 nitrogen and oxygen atoms in total. The Kier molecular flexibility index (Phi) is 3.21. The Morgan fingerprint density at radius 3 is 2.53 bits per heavy atom. The van der Waals surface area contributed by atoms with Gasteiger partial charge in [-0.3, -0.25) is 5.41 Å². The highest BCUT2D eigenvalue weighted by molar-refractivity contribution is 6.32. The van der Waals surface area contributed by atoms with Gasteiger partial charge in [-0.15, -0.1) is 0 Å². The van der Waals surface area contributed by atoms with Crippen LogP contribution < -0.4 is 10.5 Å². The highest BCUT2D eigenvalue weighted by atomic mass is 35.5. The van der Waals surface area contributed by atoms with E-state index in [0.717, 1.165) is 0 Å². The second-order valence-corrected chi connectivity index (χ2v) is 4.01. The summed E-state index contributed by atoms with van der Waals surface area (Å²) < 4.78 is 5.18. The van der Waals surface area contributed by atoms with Crippen LogP contribution in [0.25, 0.3) is 0 Å². The smallest absolute Gasteiger partial charge is 0.202 e. The summed E-state index contributed by atoms with van der Waals surface area (Å²) in [4.78, 5) is 0. The lowest BCUT2D eigenvalue weighted by molar-refractivity contribution is -0.104. The molecule has 0 atom stereocenters. The Balaban J connectivity index is 2.99. The molecule has 0 amide bonds. The minimum absolute atomic E-state index is 0.0632. The van der Waals surface area contributed by atoms with E-state index in [9.17, 15) is 5.11 Å². The first-order chi connectivity index (χ1) is 6.79. The van der Waals surface area contributed by atoms with Gasteiger partial charge in [0.1, 0.15) is 11.6 Å². The number of nitrogens with two attached hydrogens (primary N) is 1. The lowest BCUT2D eigenvalue weighted by Crippen LogP contribution is -2.27. The summed E-state index contributed by atoms with van der Waals surface area (Å²) in [5.74, 6) is -0.998. The van der Waals surface area contributed by atoms with E-state index < -0.39 is 5.79 Å². The normalized spacial score (nSPS) is 11.2. The Labute approximate surface area is 93.1 Å². The average molecular weight is 229 g/mol. The van der Waals surface area contributed by atoms with Gasteiger partial charge >= 0.3 is 0 Å². The fourth-order valence-corrected chi connectivity index (χ4v) is 1.24. The summed E-state index contributed by atoms with van der Waals surface area (Å²) in [6, 6.07) is 4.69. The largest absolute Gasteiger partial charge is 0.462 e. The zero-order valence-electron chi connectivity index (χ0n) is 8.54. The molecule has 0 aromatic heterocycles. The highest BCUT2D eigenvalue weighted by Gasteiger charge is 2.16. The molecule has 15 heavy (non-hydrogen) atoms. The topological polar surface area (TPSA) is 79.3 Å². The third kappa shape index (κ3) is 3.42. The number of halogens is 1. The van der Waals surface area contributed by atoms with Crippen LogP contribution in [0.15, 0.2) is 18.2 Å². The van der Waals surface area contributed by atoms with Gasteiger partial charge in [0.25, 0.3) is 0 Å². The molecule has 0 aliphatic heterocycles. The van der Waals surface area contributed by atoms with Gasteiger partial charge < -0.3 is 15.6 Å². The summed E-state index contributed by atoms with van der Waals surface area (Å²) in [5.41, 5.74) is 5.81. The van der Waals surface area contributed by atoms with Crippen LogP contribution in [0, 0.1) is 5.41 Å². The van der Waals surface area contributed by atoms with Gasteiger partial charge in [-0.25, -0.2) is 0 Å². The summed E-state index contributed by atoms with van der Waals surface area (Å²) >= 11 is 5.89. The number of ether oxygens (including phenoxy) is 1. The second-order valence-electron chi connectivity index (χ2n) is 3.61. The van der Waals surface area contributed by atoms with Crippen LogP contribution in [0.4, 0.5) is 0 Å². The summed E-state index contributed by atoms with van der Waals surface area (Å²) in [7, 11) is 0. The highest BCUT2D eigenvalue weighted by Crippen LogP contribution is 2.27. The quantitative estimate of drug-likeness (QED) is 0.419. The van der Waals surface area contributed by atoms with Crippen LogP contribution in [-0.2, 0) is 0 Å². The minimum atomic E-state index is -1.29. The number of nitrogens with one attached hydrogen (secondary N) is 1. The van der Waals surface area contributed by atoms with E-state index in [1.165, 1.54) is 19.9 Å². The Morgan fingerprint density at radius 2 is 2.13 bits per heavy atom. The van der Waals surface area contributed by atoms with Crippen LogP contribution in [0.2, 0.25) is 5.02 Å².